The van der Waals surface area contributed by atoms with Crippen molar-refractivity contribution in [3.8, 4) is 0 Å². The Morgan fingerprint density at radius 1 is 1.56 bits per heavy atom. The summed E-state index contributed by atoms with van der Waals surface area (Å²) in [6.45, 7) is 0.564. The number of aliphatic hydroxyl groups excluding tert-OH is 1. The van der Waals surface area contributed by atoms with Crippen LogP contribution in [0.15, 0.2) is 0 Å². The summed E-state index contributed by atoms with van der Waals surface area (Å²) in [7, 11) is 1.56. The minimum atomic E-state index is -1.32. The number of rotatable bonds is 6. The Morgan fingerprint density at radius 2 is 2.22 bits per heavy atom. The number of carboxylic acids is 1. The molecule has 0 saturated carbocycles. The van der Waals surface area contributed by atoms with E-state index in [1.165, 1.54) is 0 Å². The Hall–Kier alpha value is 0.496. The molecule has 7 heteroatoms. The molecule has 98 valence electrons. The molecule has 18 heavy (non-hydrogen) atoms. The molecular weight excluding hydrogens is 265 g/mol. The van der Waals surface area contributed by atoms with Gasteiger partial charge in [-0.3, -0.25) is 4.79 Å². The normalized spacial score (nSPS) is 20.3. The van der Waals surface area contributed by atoms with Crippen LogP contribution in [0.25, 0.3) is 0 Å². The molecule has 1 rings (SSSR count). The van der Waals surface area contributed by atoms with Gasteiger partial charge >= 0.3 is 51.4 Å². The fourth-order valence-corrected chi connectivity index (χ4v) is 2.16. The van der Waals surface area contributed by atoms with Gasteiger partial charge < -0.3 is 24.6 Å². The fourth-order valence-electron chi connectivity index (χ4n) is 2.16. The molecule has 1 amide bonds. The van der Waals surface area contributed by atoms with E-state index >= 15 is 0 Å². The predicted molar refractivity (Wildman–Crippen MR) is 56.8 cm³/mol. The van der Waals surface area contributed by atoms with Crippen LogP contribution in [0.1, 0.15) is 19.3 Å². The van der Waals surface area contributed by atoms with E-state index in [1.54, 1.807) is 12.0 Å². The molecule has 1 aliphatic heterocycles. The predicted octanol–water partition coefficient (Wildman–Crippen LogP) is -4.62. The van der Waals surface area contributed by atoms with Crippen molar-refractivity contribution in [2.24, 2.45) is 5.92 Å². The number of aliphatic hydroxyl groups is 1. The molecule has 0 aliphatic carbocycles. The van der Waals surface area contributed by atoms with E-state index in [4.69, 9.17) is 9.84 Å². The molecule has 1 heterocycles. The van der Waals surface area contributed by atoms with Crippen LogP contribution in [-0.2, 0) is 14.3 Å². The van der Waals surface area contributed by atoms with Gasteiger partial charge in [-0.1, -0.05) is 0 Å². The molecule has 0 aromatic heterocycles. The third-order valence-electron chi connectivity index (χ3n) is 3.00. The molecule has 1 fully saturated rings. The van der Waals surface area contributed by atoms with Crippen LogP contribution in [0.4, 0.5) is 0 Å². The second-order valence-electron chi connectivity index (χ2n) is 4.24. The molecule has 0 bridgehead atoms. The van der Waals surface area contributed by atoms with Crippen molar-refractivity contribution in [2.75, 3.05) is 26.9 Å². The minimum absolute atomic E-state index is 0. The van der Waals surface area contributed by atoms with Crippen molar-refractivity contribution >= 4 is 11.9 Å². The maximum atomic E-state index is 12.0. The SMILES string of the molecule is COCC1CCCN1C(=O)C(CO)CC(=O)[O-].[K+]. The fraction of sp³-hybridized carbons (Fsp3) is 0.818. The average molecular weight is 283 g/mol. The molecule has 6 nitrogen and oxygen atoms in total. The van der Waals surface area contributed by atoms with Gasteiger partial charge in [-0.05, 0) is 12.8 Å². The van der Waals surface area contributed by atoms with E-state index in [0.717, 1.165) is 12.8 Å². The Balaban J connectivity index is 0.00000289. The van der Waals surface area contributed by atoms with Crippen molar-refractivity contribution in [1.29, 1.82) is 0 Å². The monoisotopic (exact) mass is 283 g/mol. The van der Waals surface area contributed by atoms with Gasteiger partial charge in [-0.15, -0.1) is 0 Å². The zero-order valence-corrected chi connectivity index (χ0v) is 14.0. The number of ether oxygens (including phenoxy) is 1. The summed E-state index contributed by atoms with van der Waals surface area (Å²) in [4.78, 5) is 24.1. The molecule has 0 spiro atoms. The van der Waals surface area contributed by atoms with Crippen LogP contribution >= 0.6 is 0 Å². The van der Waals surface area contributed by atoms with Gasteiger partial charge in [0.1, 0.15) is 0 Å². The first-order valence-electron chi connectivity index (χ1n) is 5.70. The third kappa shape index (κ3) is 5.24. The van der Waals surface area contributed by atoms with E-state index in [1.807, 2.05) is 0 Å². The van der Waals surface area contributed by atoms with E-state index < -0.39 is 24.9 Å². The van der Waals surface area contributed by atoms with Crippen LogP contribution in [0.2, 0.25) is 0 Å². The number of nitrogens with zero attached hydrogens (tertiary/aromatic N) is 1. The van der Waals surface area contributed by atoms with Crippen LogP contribution in [0.5, 0.6) is 0 Å². The Morgan fingerprint density at radius 3 is 2.72 bits per heavy atom. The Labute approximate surface area is 149 Å². The van der Waals surface area contributed by atoms with Gasteiger partial charge in [0.2, 0.25) is 5.91 Å². The summed E-state index contributed by atoms with van der Waals surface area (Å²) in [6, 6.07) is -0.0108. The number of hydrogen-bond acceptors (Lipinski definition) is 5. The Bertz CT molecular complexity index is 287. The molecule has 0 aromatic rings. The zero-order chi connectivity index (χ0) is 12.8. The number of carbonyl (C=O) groups is 2. The first-order valence-corrected chi connectivity index (χ1v) is 5.70. The minimum Gasteiger partial charge on any atom is -0.550 e. The summed E-state index contributed by atoms with van der Waals surface area (Å²) in [6.07, 6.45) is 1.29. The summed E-state index contributed by atoms with van der Waals surface area (Å²) in [5.41, 5.74) is 0. The van der Waals surface area contributed by atoms with E-state index in [2.05, 4.69) is 0 Å². The number of likely N-dealkylation sites (tertiary alicyclic amines) is 1. The number of amides is 1. The van der Waals surface area contributed by atoms with Crippen LogP contribution < -0.4 is 56.5 Å². The van der Waals surface area contributed by atoms with Crippen LogP contribution in [-0.4, -0.2) is 54.8 Å². The van der Waals surface area contributed by atoms with Crippen molar-refractivity contribution < 1.29 is 75.9 Å². The zero-order valence-electron chi connectivity index (χ0n) is 10.9. The maximum Gasteiger partial charge on any atom is 1.00 e. The number of hydrogen-bond donors (Lipinski definition) is 1. The van der Waals surface area contributed by atoms with E-state index in [9.17, 15) is 14.7 Å². The third-order valence-corrected chi connectivity index (χ3v) is 3.00. The first kappa shape index (κ1) is 18.5. The largest absolute Gasteiger partial charge is 1.00 e. The van der Waals surface area contributed by atoms with Crippen molar-refractivity contribution in [1.82, 2.24) is 4.90 Å². The van der Waals surface area contributed by atoms with Crippen molar-refractivity contribution in [3.63, 3.8) is 0 Å². The molecule has 1 N–H and O–H groups in total. The van der Waals surface area contributed by atoms with Gasteiger partial charge in [-0.25, -0.2) is 0 Å². The summed E-state index contributed by atoms with van der Waals surface area (Å²) in [5, 5.41) is 19.5. The van der Waals surface area contributed by atoms with E-state index in [0.29, 0.717) is 13.2 Å². The number of aliphatic carboxylic acids is 1. The smallest absolute Gasteiger partial charge is 0.550 e. The molecule has 0 radical (unpaired) electrons. The van der Waals surface area contributed by atoms with Gasteiger partial charge in [-0.2, -0.15) is 0 Å². The van der Waals surface area contributed by atoms with Crippen molar-refractivity contribution in [2.45, 2.75) is 25.3 Å². The molecule has 0 aromatic carbocycles. The van der Waals surface area contributed by atoms with Crippen molar-refractivity contribution in [3.05, 3.63) is 0 Å². The first-order chi connectivity index (χ1) is 8.10. The standard InChI is InChI=1S/C11H19NO5.K/c1-17-7-9-3-2-4-12(9)11(16)8(6-13)5-10(14)15;/h8-9,13H,2-7H2,1H3,(H,14,15);/q;+1/p-1. The number of carboxylic acid groups (broad SMARTS) is 1. The molecule has 1 saturated heterocycles. The maximum absolute atomic E-state index is 12.0. The van der Waals surface area contributed by atoms with Crippen LogP contribution in [0.3, 0.4) is 0 Å². The molecule has 2 unspecified atom stereocenters. The molecular formula is C11H18KNO5. The molecule has 1 aliphatic rings. The topological polar surface area (TPSA) is 89.9 Å². The quantitative estimate of drug-likeness (QED) is 0.495. The van der Waals surface area contributed by atoms with Gasteiger partial charge in [0, 0.05) is 26.0 Å². The van der Waals surface area contributed by atoms with Gasteiger partial charge in [0.05, 0.1) is 25.2 Å². The Kier molecular flexibility index (Phi) is 9.67. The van der Waals surface area contributed by atoms with Gasteiger partial charge in [0.25, 0.3) is 0 Å². The number of methoxy groups -OCH3 is 1. The summed E-state index contributed by atoms with van der Waals surface area (Å²) >= 11 is 0. The second kappa shape index (κ2) is 9.41. The summed E-state index contributed by atoms with van der Waals surface area (Å²) in [5.74, 6) is -2.55. The average Bonchev–Trinajstić information content (AvgIpc) is 2.73. The second-order valence-corrected chi connectivity index (χ2v) is 4.24. The number of carbonyl (C=O) groups excluding carboxylic acids is 2. The molecule has 2 atom stereocenters. The van der Waals surface area contributed by atoms with Gasteiger partial charge in [0.15, 0.2) is 0 Å². The van der Waals surface area contributed by atoms with Crippen LogP contribution in [0, 0.1) is 5.92 Å². The summed E-state index contributed by atoms with van der Waals surface area (Å²) < 4.78 is 5.02. The van der Waals surface area contributed by atoms with E-state index in [-0.39, 0.29) is 63.3 Å².